The molecule has 0 aromatic heterocycles. The second kappa shape index (κ2) is 13.1. The summed E-state index contributed by atoms with van der Waals surface area (Å²) in [6.45, 7) is 8.82. The van der Waals surface area contributed by atoms with Gasteiger partial charge in [-0.15, -0.1) is 81.2 Å². The van der Waals surface area contributed by atoms with Crippen molar-refractivity contribution in [3.8, 4) is 0 Å². The summed E-state index contributed by atoms with van der Waals surface area (Å²) in [4.78, 5) is 0. The molecule has 28 heavy (non-hydrogen) atoms. The number of fused-ring (bicyclic) bond motifs is 2. The number of rotatable bonds is 2. The van der Waals surface area contributed by atoms with Crippen LogP contribution in [0.3, 0.4) is 0 Å². The maximum absolute atomic E-state index is 2.27. The summed E-state index contributed by atoms with van der Waals surface area (Å²) in [5.74, 6) is 0. The Hall–Kier alpha value is -1.25. The van der Waals surface area contributed by atoms with Crippen LogP contribution < -0.4 is 0 Å². The Morgan fingerprint density at radius 1 is 0.643 bits per heavy atom. The second-order valence-corrected chi connectivity index (χ2v) is 6.49. The monoisotopic (exact) mass is 552 g/mol. The first kappa shape index (κ1) is 29.0. The molecule has 4 aromatic carbocycles. The number of benzene rings is 2. The predicted molar refractivity (Wildman–Crippen MR) is 126 cm³/mol. The van der Waals surface area contributed by atoms with Gasteiger partial charge in [-0.2, -0.15) is 11.1 Å². The molecule has 0 spiro atoms. The molecule has 0 unspecified atom stereocenters. The normalized spacial score (nSPS) is 9.29. The molecule has 0 amide bonds. The van der Waals surface area contributed by atoms with Gasteiger partial charge < -0.3 is 14.9 Å². The summed E-state index contributed by atoms with van der Waals surface area (Å²) in [6, 6.07) is 21.7. The average molecular weight is 551 g/mol. The summed E-state index contributed by atoms with van der Waals surface area (Å²) >= 11 is 0. The van der Waals surface area contributed by atoms with Gasteiger partial charge in [0.05, 0.1) is 0 Å². The van der Waals surface area contributed by atoms with Crippen molar-refractivity contribution in [2.24, 2.45) is 0 Å². The Kier molecular flexibility index (Phi) is 13.5. The molecule has 0 heterocycles. The van der Waals surface area contributed by atoms with Gasteiger partial charge in [0.1, 0.15) is 0 Å². The van der Waals surface area contributed by atoms with E-state index in [-0.39, 0.29) is 51.7 Å². The fraction of sp³-hybridized carbons (Fsp3) is 0.231. The van der Waals surface area contributed by atoms with Gasteiger partial charge in [-0.1, -0.05) is 52.7 Å². The summed E-state index contributed by atoms with van der Waals surface area (Å²) < 4.78 is 0. The zero-order valence-electron chi connectivity index (χ0n) is 18.2. The van der Waals surface area contributed by atoms with Crippen LogP contribution in [0.2, 0.25) is 0 Å². The number of hydrogen-bond donors (Lipinski definition) is 0. The van der Waals surface area contributed by atoms with Crippen molar-refractivity contribution in [3.05, 3.63) is 97.8 Å². The Labute approximate surface area is 195 Å². The van der Waals surface area contributed by atoms with E-state index >= 15 is 0 Å². The van der Waals surface area contributed by atoms with Gasteiger partial charge in [0, 0.05) is 11.0 Å². The molecule has 0 aliphatic carbocycles. The molecule has 0 saturated heterocycles. The molecule has 0 fully saturated rings. The molecule has 0 bridgehead atoms. The van der Waals surface area contributed by atoms with Gasteiger partial charge >= 0.3 is 25.8 Å². The molecule has 0 atom stereocenters. The minimum Gasteiger partial charge on any atom is -0.358 e. The van der Waals surface area contributed by atoms with Gasteiger partial charge in [0.2, 0.25) is 0 Å². The molecule has 144 valence electrons. The van der Waals surface area contributed by atoms with Crippen LogP contribution in [0, 0.1) is 28.7 Å². The molecule has 0 N–H and O–H groups in total. The number of hydrogen-bond acceptors (Lipinski definition) is 0. The van der Waals surface area contributed by atoms with Crippen molar-refractivity contribution >= 4 is 32.5 Å². The van der Waals surface area contributed by atoms with Crippen LogP contribution in [-0.4, -0.2) is 11.0 Å². The smallest absolute Gasteiger partial charge is 0.358 e. The predicted octanol–water partition coefficient (Wildman–Crippen LogP) is 7.38. The second-order valence-electron chi connectivity index (χ2n) is 6.49. The van der Waals surface area contributed by atoms with Crippen LogP contribution in [0.4, 0.5) is 0 Å². The Morgan fingerprint density at radius 3 is 1.29 bits per heavy atom. The SMILES string of the molecule is CCc1c(C)[cH-]c2ccccc12.CCc1c(C)[cH-]c2ccccc12.[CH3-].[CH3-].[Hf+4].[Si]. The van der Waals surface area contributed by atoms with Crippen LogP contribution in [0.1, 0.15) is 36.1 Å². The molecule has 0 nitrogen and oxygen atoms in total. The summed E-state index contributed by atoms with van der Waals surface area (Å²) in [5.41, 5.74) is 5.87. The van der Waals surface area contributed by atoms with Crippen molar-refractivity contribution in [2.45, 2.75) is 40.5 Å². The molecular formula is C26H32HfSi. The first-order valence-electron chi connectivity index (χ1n) is 8.93. The van der Waals surface area contributed by atoms with E-state index in [9.17, 15) is 0 Å². The number of aryl methyl sites for hydroxylation is 4. The van der Waals surface area contributed by atoms with E-state index in [1.165, 1.54) is 43.8 Å². The summed E-state index contributed by atoms with van der Waals surface area (Å²) in [5, 5.41) is 5.62. The van der Waals surface area contributed by atoms with Crippen molar-refractivity contribution in [3.63, 3.8) is 0 Å². The minimum absolute atomic E-state index is 0. The van der Waals surface area contributed by atoms with Crippen LogP contribution in [0.25, 0.3) is 21.5 Å². The Bertz CT molecular complexity index is 879. The third-order valence-corrected chi connectivity index (χ3v) is 4.97. The molecule has 4 aromatic rings. The fourth-order valence-electron chi connectivity index (χ4n) is 3.80. The van der Waals surface area contributed by atoms with Gasteiger partial charge in [-0.05, 0) is 0 Å². The van der Waals surface area contributed by atoms with E-state index in [0.717, 1.165) is 12.8 Å². The summed E-state index contributed by atoms with van der Waals surface area (Å²) in [7, 11) is 0. The van der Waals surface area contributed by atoms with E-state index in [4.69, 9.17) is 0 Å². The standard InChI is InChI=1S/2C12H13.2CH3.Hf.Si/c2*1-3-11-9(2)8-10-6-4-5-7-12(10)11;;;;/h2*4-8H,3H2,1-2H3;2*1H3;;/q4*-1;+4;. The van der Waals surface area contributed by atoms with Crippen LogP contribution >= 0.6 is 0 Å². The Balaban J connectivity index is 0. The van der Waals surface area contributed by atoms with Gasteiger partial charge in [-0.3, -0.25) is 0 Å². The van der Waals surface area contributed by atoms with Crippen LogP contribution in [-0.2, 0) is 38.7 Å². The van der Waals surface area contributed by atoms with Crippen LogP contribution in [0.15, 0.2) is 60.7 Å². The average Bonchev–Trinajstić information content (AvgIpc) is 3.09. The molecular weight excluding hydrogens is 519 g/mol. The van der Waals surface area contributed by atoms with E-state index < -0.39 is 0 Å². The third kappa shape index (κ3) is 5.87. The van der Waals surface area contributed by atoms with E-state index in [1.54, 1.807) is 0 Å². The molecule has 0 saturated carbocycles. The van der Waals surface area contributed by atoms with Crippen molar-refractivity contribution in [1.29, 1.82) is 0 Å². The summed E-state index contributed by atoms with van der Waals surface area (Å²) in [6.07, 6.45) is 2.28. The van der Waals surface area contributed by atoms with E-state index in [2.05, 4.69) is 88.4 Å². The van der Waals surface area contributed by atoms with Crippen LogP contribution in [0.5, 0.6) is 0 Å². The van der Waals surface area contributed by atoms with Gasteiger partial charge in [0.25, 0.3) is 0 Å². The first-order chi connectivity index (χ1) is 11.7. The maximum atomic E-state index is 2.27. The topological polar surface area (TPSA) is 0 Å². The fourth-order valence-corrected chi connectivity index (χ4v) is 3.80. The first-order valence-corrected chi connectivity index (χ1v) is 8.93. The van der Waals surface area contributed by atoms with Gasteiger partial charge in [0.15, 0.2) is 0 Å². The molecule has 0 aliphatic rings. The molecule has 0 aliphatic heterocycles. The zero-order valence-corrected chi connectivity index (χ0v) is 22.8. The molecule has 4 rings (SSSR count). The maximum Gasteiger partial charge on any atom is 4.00 e. The Morgan fingerprint density at radius 2 is 0.964 bits per heavy atom. The van der Waals surface area contributed by atoms with E-state index in [1.807, 2.05) is 0 Å². The van der Waals surface area contributed by atoms with E-state index in [0.29, 0.717) is 0 Å². The largest absolute Gasteiger partial charge is 4.00 e. The van der Waals surface area contributed by atoms with Crippen molar-refractivity contribution < 1.29 is 25.8 Å². The molecule has 2 heteroatoms. The molecule has 4 radical (unpaired) electrons. The van der Waals surface area contributed by atoms with Crippen molar-refractivity contribution in [2.75, 3.05) is 0 Å². The quantitative estimate of drug-likeness (QED) is 0.180. The van der Waals surface area contributed by atoms with Gasteiger partial charge in [-0.25, -0.2) is 0 Å². The minimum atomic E-state index is 0. The third-order valence-electron chi connectivity index (χ3n) is 4.97. The zero-order chi connectivity index (χ0) is 17.1. The van der Waals surface area contributed by atoms with Crippen molar-refractivity contribution in [1.82, 2.24) is 0 Å².